The van der Waals surface area contributed by atoms with E-state index < -0.39 is 11.4 Å². The molecule has 18 heavy (non-hydrogen) atoms. The van der Waals surface area contributed by atoms with E-state index in [1.165, 1.54) is 0 Å². The van der Waals surface area contributed by atoms with Gasteiger partial charge in [0.1, 0.15) is 0 Å². The Morgan fingerprint density at radius 2 is 2.28 bits per heavy atom. The van der Waals surface area contributed by atoms with Crippen LogP contribution in [-0.4, -0.2) is 48.1 Å². The van der Waals surface area contributed by atoms with Gasteiger partial charge in [-0.15, -0.1) is 6.58 Å². The molecule has 1 aliphatic rings. The molecule has 1 saturated heterocycles. The summed E-state index contributed by atoms with van der Waals surface area (Å²) in [6, 6.07) is 0. The van der Waals surface area contributed by atoms with Gasteiger partial charge in [0.25, 0.3) is 0 Å². The number of carboxylic acid groups (broad SMARTS) is 1. The lowest BCUT2D eigenvalue weighted by Crippen LogP contribution is -2.50. The fourth-order valence-electron chi connectivity index (χ4n) is 2.42. The van der Waals surface area contributed by atoms with Gasteiger partial charge in [-0.05, 0) is 25.8 Å². The Balaban J connectivity index is 2.55. The Bertz CT molecular complexity index is 330. The van der Waals surface area contributed by atoms with E-state index in [1.807, 2.05) is 11.8 Å². The highest BCUT2D eigenvalue weighted by atomic mass is 16.4. The molecule has 102 valence electrons. The zero-order valence-electron chi connectivity index (χ0n) is 10.9. The Labute approximate surface area is 108 Å². The standard InChI is InChI=1S/C13H22N2O3/c1-3-7-14-11(16)9-15-8-5-6-13(4-2,10-15)12(17)18/h3H,1,4-10H2,2H3,(H,14,16)(H,17,18). The summed E-state index contributed by atoms with van der Waals surface area (Å²) in [6.07, 6.45) is 3.76. The van der Waals surface area contributed by atoms with Crippen LogP contribution in [0.4, 0.5) is 0 Å². The van der Waals surface area contributed by atoms with E-state index in [9.17, 15) is 14.7 Å². The number of carbonyl (C=O) groups is 2. The highest BCUT2D eigenvalue weighted by Gasteiger charge is 2.40. The number of likely N-dealkylation sites (tertiary alicyclic amines) is 1. The van der Waals surface area contributed by atoms with Crippen molar-refractivity contribution in [3.05, 3.63) is 12.7 Å². The minimum absolute atomic E-state index is 0.0767. The van der Waals surface area contributed by atoms with E-state index in [2.05, 4.69) is 11.9 Å². The van der Waals surface area contributed by atoms with Crippen molar-refractivity contribution in [2.45, 2.75) is 26.2 Å². The molecule has 0 spiro atoms. The monoisotopic (exact) mass is 254 g/mol. The second kappa shape index (κ2) is 6.54. The normalized spacial score (nSPS) is 24.5. The van der Waals surface area contributed by atoms with Crippen LogP contribution in [0.25, 0.3) is 0 Å². The zero-order valence-corrected chi connectivity index (χ0v) is 10.9. The summed E-state index contributed by atoms with van der Waals surface area (Å²) in [6.45, 7) is 7.39. The lowest BCUT2D eigenvalue weighted by Gasteiger charge is -2.39. The number of rotatable bonds is 6. The maximum absolute atomic E-state index is 11.6. The van der Waals surface area contributed by atoms with Gasteiger partial charge in [0.15, 0.2) is 0 Å². The largest absolute Gasteiger partial charge is 0.481 e. The molecule has 1 aliphatic heterocycles. The Hall–Kier alpha value is -1.36. The minimum atomic E-state index is -0.749. The molecule has 5 nitrogen and oxygen atoms in total. The second-order valence-electron chi connectivity index (χ2n) is 4.85. The number of nitrogens with one attached hydrogen (secondary N) is 1. The van der Waals surface area contributed by atoms with Gasteiger partial charge in [-0.25, -0.2) is 0 Å². The number of carbonyl (C=O) groups excluding carboxylic acids is 1. The van der Waals surface area contributed by atoms with Crippen molar-refractivity contribution in [3.63, 3.8) is 0 Å². The number of piperidine rings is 1. The van der Waals surface area contributed by atoms with Crippen LogP contribution >= 0.6 is 0 Å². The average molecular weight is 254 g/mol. The maximum Gasteiger partial charge on any atom is 0.310 e. The third-order valence-electron chi connectivity index (χ3n) is 3.60. The van der Waals surface area contributed by atoms with Crippen molar-refractivity contribution in [1.82, 2.24) is 10.2 Å². The molecule has 1 amide bonds. The van der Waals surface area contributed by atoms with E-state index in [1.54, 1.807) is 6.08 Å². The van der Waals surface area contributed by atoms with Crippen molar-refractivity contribution < 1.29 is 14.7 Å². The van der Waals surface area contributed by atoms with Crippen LogP contribution in [0, 0.1) is 5.41 Å². The summed E-state index contributed by atoms with van der Waals surface area (Å²) >= 11 is 0. The number of amides is 1. The third-order valence-corrected chi connectivity index (χ3v) is 3.60. The lowest BCUT2D eigenvalue weighted by molar-refractivity contribution is -0.153. The molecular formula is C13H22N2O3. The Kier molecular flexibility index (Phi) is 5.34. The molecule has 0 radical (unpaired) electrons. The summed E-state index contributed by atoms with van der Waals surface area (Å²) in [5.41, 5.74) is -0.684. The van der Waals surface area contributed by atoms with Crippen LogP contribution in [-0.2, 0) is 9.59 Å². The molecule has 1 fully saturated rings. The van der Waals surface area contributed by atoms with Crippen molar-refractivity contribution in [1.29, 1.82) is 0 Å². The molecule has 0 aromatic heterocycles. The molecule has 0 saturated carbocycles. The van der Waals surface area contributed by atoms with Gasteiger partial charge in [0.05, 0.1) is 12.0 Å². The number of hydrogen-bond acceptors (Lipinski definition) is 3. The molecule has 1 unspecified atom stereocenters. The molecule has 0 bridgehead atoms. The molecule has 2 N–H and O–H groups in total. The van der Waals surface area contributed by atoms with E-state index in [0.717, 1.165) is 13.0 Å². The number of hydrogen-bond donors (Lipinski definition) is 2. The van der Waals surface area contributed by atoms with Gasteiger partial charge >= 0.3 is 5.97 Å². The van der Waals surface area contributed by atoms with Gasteiger partial charge in [0.2, 0.25) is 5.91 Å². The van der Waals surface area contributed by atoms with Crippen molar-refractivity contribution in [2.75, 3.05) is 26.2 Å². The van der Waals surface area contributed by atoms with Crippen molar-refractivity contribution in [3.8, 4) is 0 Å². The lowest BCUT2D eigenvalue weighted by atomic mass is 9.77. The van der Waals surface area contributed by atoms with Crippen LogP contribution in [0.3, 0.4) is 0 Å². The van der Waals surface area contributed by atoms with Crippen LogP contribution in [0.1, 0.15) is 26.2 Å². The predicted molar refractivity (Wildman–Crippen MR) is 69.2 cm³/mol. The minimum Gasteiger partial charge on any atom is -0.481 e. The summed E-state index contributed by atoms with van der Waals surface area (Å²) in [4.78, 5) is 24.9. The van der Waals surface area contributed by atoms with Gasteiger partial charge in [-0.3, -0.25) is 14.5 Å². The SMILES string of the molecule is C=CCNC(=O)CN1CCCC(CC)(C(=O)O)C1. The quantitative estimate of drug-likeness (QED) is 0.690. The zero-order chi connectivity index (χ0) is 13.6. The average Bonchev–Trinajstić information content (AvgIpc) is 2.36. The van der Waals surface area contributed by atoms with E-state index >= 15 is 0 Å². The van der Waals surface area contributed by atoms with E-state index in [4.69, 9.17) is 0 Å². The third kappa shape index (κ3) is 3.57. The van der Waals surface area contributed by atoms with Crippen LogP contribution in [0.15, 0.2) is 12.7 Å². The highest BCUT2D eigenvalue weighted by molar-refractivity contribution is 5.78. The molecule has 0 aromatic rings. The Morgan fingerprint density at radius 3 is 2.83 bits per heavy atom. The molecule has 0 aromatic carbocycles. The Morgan fingerprint density at radius 1 is 1.56 bits per heavy atom. The first-order valence-corrected chi connectivity index (χ1v) is 6.37. The molecule has 0 aliphatic carbocycles. The first kappa shape index (κ1) is 14.7. The fourth-order valence-corrected chi connectivity index (χ4v) is 2.42. The fraction of sp³-hybridized carbons (Fsp3) is 0.692. The van der Waals surface area contributed by atoms with Gasteiger partial charge < -0.3 is 10.4 Å². The van der Waals surface area contributed by atoms with Crippen LogP contribution < -0.4 is 5.32 Å². The highest BCUT2D eigenvalue weighted by Crippen LogP contribution is 2.33. The molecule has 1 rings (SSSR count). The van der Waals surface area contributed by atoms with Gasteiger partial charge in [-0.1, -0.05) is 13.0 Å². The summed E-state index contributed by atoms with van der Waals surface area (Å²) in [5.74, 6) is -0.826. The van der Waals surface area contributed by atoms with Gasteiger partial charge in [0, 0.05) is 13.1 Å². The molecule has 1 heterocycles. The van der Waals surface area contributed by atoms with E-state index in [0.29, 0.717) is 25.9 Å². The summed E-state index contributed by atoms with van der Waals surface area (Å²) in [7, 11) is 0. The van der Waals surface area contributed by atoms with E-state index in [-0.39, 0.29) is 12.5 Å². The van der Waals surface area contributed by atoms with Crippen molar-refractivity contribution in [2.24, 2.45) is 5.41 Å². The molecule has 5 heteroatoms. The topological polar surface area (TPSA) is 69.6 Å². The molecular weight excluding hydrogens is 232 g/mol. The predicted octanol–water partition coefficient (Wildman–Crippen LogP) is 0.865. The number of nitrogens with zero attached hydrogens (tertiary/aromatic N) is 1. The van der Waals surface area contributed by atoms with Crippen LogP contribution in [0.5, 0.6) is 0 Å². The molecule has 1 atom stereocenters. The first-order chi connectivity index (χ1) is 8.54. The van der Waals surface area contributed by atoms with Crippen LogP contribution in [0.2, 0.25) is 0 Å². The summed E-state index contributed by atoms with van der Waals surface area (Å²) in [5, 5.41) is 12.0. The maximum atomic E-state index is 11.6. The summed E-state index contributed by atoms with van der Waals surface area (Å²) < 4.78 is 0. The number of aliphatic carboxylic acids is 1. The second-order valence-corrected chi connectivity index (χ2v) is 4.85. The first-order valence-electron chi connectivity index (χ1n) is 6.37. The van der Waals surface area contributed by atoms with Gasteiger partial charge in [-0.2, -0.15) is 0 Å². The number of carboxylic acids is 1. The smallest absolute Gasteiger partial charge is 0.310 e. The van der Waals surface area contributed by atoms with Crippen molar-refractivity contribution >= 4 is 11.9 Å².